The summed E-state index contributed by atoms with van der Waals surface area (Å²) in [6.45, 7) is -0.0959. The number of aromatic amines is 1. The van der Waals surface area contributed by atoms with Crippen molar-refractivity contribution >= 4 is 16.9 Å². The monoisotopic (exact) mass is 289 g/mol. The van der Waals surface area contributed by atoms with Crippen molar-refractivity contribution in [1.29, 1.82) is 0 Å². The van der Waals surface area contributed by atoms with Crippen LogP contribution in [0, 0.1) is 5.92 Å². The fourth-order valence-electron chi connectivity index (χ4n) is 3.29. The van der Waals surface area contributed by atoms with E-state index >= 15 is 0 Å². The molecule has 3 aromatic heterocycles. The number of imidazole rings is 2. The molecule has 3 unspecified atom stereocenters. The van der Waals surface area contributed by atoms with Gasteiger partial charge in [0.05, 0.1) is 19.0 Å². The Labute approximate surface area is 118 Å². The van der Waals surface area contributed by atoms with E-state index in [4.69, 9.17) is 0 Å². The summed E-state index contributed by atoms with van der Waals surface area (Å²) in [5, 5.41) is 19.4. The van der Waals surface area contributed by atoms with Crippen LogP contribution in [0.25, 0.3) is 16.9 Å². The lowest BCUT2D eigenvalue weighted by atomic mass is 10.0. The SMILES string of the molecule is O=c1c2ncn(C3CCC(O)C3CO)c2[nH]c2nccn12. The lowest BCUT2D eigenvalue weighted by Crippen LogP contribution is -2.25. The van der Waals surface area contributed by atoms with E-state index in [0.717, 1.165) is 6.42 Å². The maximum atomic E-state index is 12.3. The van der Waals surface area contributed by atoms with Gasteiger partial charge in [0.15, 0.2) is 5.52 Å². The van der Waals surface area contributed by atoms with Crippen LogP contribution in [-0.4, -0.2) is 46.8 Å². The quantitative estimate of drug-likeness (QED) is 0.599. The molecule has 110 valence electrons. The van der Waals surface area contributed by atoms with Gasteiger partial charge >= 0.3 is 0 Å². The van der Waals surface area contributed by atoms with Gasteiger partial charge in [0.2, 0.25) is 5.78 Å². The third-order valence-corrected chi connectivity index (χ3v) is 4.40. The number of aromatic nitrogens is 5. The van der Waals surface area contributed by atoms with Crippen molar-refractivity contribution in [2.45, 2.75) is 25.0 Å². The fourth-order valence-corrected chi connectivity index (χ4v) is 3.29. The number of nitrogens with zero attached hydrogens (tertiary/aromatic N) is 4. The predicted molar refractivity (Wildman–Crippen MR) is 74.0 cm³/mol. The number of aliphatic hydroxyl groups is 2. The zero-order chi connectivity index (χ0) is 14.6. The highest BCUT2D eigenvalue weighted by molar-refractivity contribution is 5.71. The third-order valence-electron chi connectivity index (χ3n) is 4.40. The summed E-state index contributed by atoms with van der Waals surface area (Å²) in [5.41, 5.74) is 0.684. The van der Waals surface area contributed by atoms with E-state index in [-0.39, 0.29) is 24.1 Å². The molecule has 0 saturated heterocycles. The van der Waals surface area contributed by atoms with Gasteiger partial charge in [-0.15, -0.1) is 0 Å². The molecule has 1 aliphatic carbocycles. The van der Waals surface area contributed by atoms with Crippen LogP contribution in [0.3, 0.4) is 0 Å². The Bertz CT molecular complexity index is 864. The van der Waals surface area contributed by atoms with E-state index in [1.165, 1.54) is 4.40 Å². The number of nitrogens with one attached hydrogen (secondary N) is 1. The van der Waals surface area contributed by atoms with E-state index in [0.29, 0.717) is 23.4 Å². The number of hydrogen-bond donors (Lipinski definition) is 3. The van der Waals surface area contributed by atoms with Crippen molar-refractivity contribution in [1.82, 2.24) is 23.9 Å². The minimum absolute atomic E-state index is 0.0805. The Balaban J connectivity index is 1.94. The molecule has 0 aromatic carbocycles. The second-order valence-corrected chi connectivity index (χ2v) is 5.46. The van der Waals surface area contributed by atoms with E-state index < -0.39 is 6.10 Å². The first-order chi connectivity index (χ1) is 10.2. The standard InChI is InChI=1S/C13H15N5O3/c19-5-7-8(1-2-9(7)20)18-6-15-10-11(18)16-13-14-3-4-17(13)12(10)21/h3-4,6-9,19-20H,1-2,5H2,(H,14,16). The summed E-state index contributed by atoms with van der Waals surface area (Å²) in [6, 6.07) is -0.0805. The number of aliphatic hydroxyl groups excluding tert-OH is 2. The largest absolute Gasteiger partial charge is 0.396 e. The number of rotatable bonds is 2. The van der Waals surface area contributed by atoms with Crippen LogP contribution in [-0.2, 0) is 0 Å². The maximum Gasteiger partial charge on any atom is 0.287 e. The zero-order valence-electron chi connectivity index (χ0n) is 11.2. The molecule has 1 fully saturated rings. The minimum atomic E-state index is -0.528. The highest BCUT2D eigenvalue weighted by atomic mass is 16.3. The van der Waals surface area contributed by atoms with E-state index in [9.17, 15) is 15.0 Å². The molecule has 1 aliphatic rings. The summed E-state index contributed by atoms with van der Waals surface area (Å²) in [7, 11) is 0. The Morgan fingerprint density at radius 1 is 1.38 bits per heavy atom. The van der Waals surface area contributed by atoms with Gasteiger partial charge in [0.1, 0.15) is 5.65 Å². The summed E-state index contributed by atoms with van der Waals surface area (Å²) in [5.74, 6) is 0.204. The average Bonchev–Trinajstić information content (AvgIpc) is 3.16. The first-order valence-electron chi connectivity index (χ1n) is 6.91. The topological polar surface area (TPSA) is 108 Å². The first-order valence-corrected chi connectivity index (χ1v) is 6.91. The van der Waals surface area contributed by atoms with Gasteiger partial charge in [0, 0.05) is 24.4 Å². The smallest absolute Gasteiger partial charge is 0.287 e. The van der Waals surface area contributed by atoms with Crippen LogP contribution >= 0.6 is 0 Å². The molecule has 0 bridgehead atoms. The Kier molecular flexibility index (Phi) is 2.63. The van der Waals surface area contributed by atoms with Crippen LogP contribution in [0.2, 0.25) is 0 Å². The highest BCUT2D eigenvalue weighted by Gasteiger charge is 2.36. The highest BCUT2D eigenvalue weighted by Crippen LogP contribution is 2.36. The second kappa shape index (κ2) is 4.40. The predicted octanol–water partition coefficient (Wildman–Crippen LogP) is -0.323. The lowest BCUT2D eigenvalue weighted by Gasteiger charge is -2.21. The van der Waals surface area contributed by atoms with Gasteiger partial charge < -0.3 is 19.8 Å². The van der Waals surface area contributed by atoms with E-state index in [1.807, 2.05) is 4.57 Å². The molecule has 8 heteroatoms. The molecule has 0 radical (unpaired) electrons. The third kappa shape index (κ3) is 1.66. The molecule has 3 atom stereocenters. The van der Waals surface area contributed by atoms with Crippen LogP contribution in [0.4, 0.5) is 0 Å². The molecule has 3 aromatic rings. The van der Waals surface area contributed by atoms with Crippen molar-refractivity contribution in [3.05, 3.63) is 29.1 Å². The fraction of sp³-hybridized carbons (Fsp3) is 0.462. The molecular weight excluding hydrogens is 274 g/mol. The number of H-pyrrole nitrogens is 1. The van der Waals surface area contributed by atoms with E-state index in [2.05, 4.69) is 15.0 Å². The molecule has 0 amide bonds. The summed E-state index contributed by atoms with van der Waals surface area (Å²) >= 11 is 0. The molecule has 0 spiro atoms. The van der Waals surface area contributed by atoms with Gasteiger partial charge in [0.25, 0.3) is 5.56 Å². The molecule has 0 aliphatic heterocycles. The van der Waals surface area contributed by atoms with Gasteiger partial charge in [-0.2, -0.15) is 0 Å². The maximum absolute atomic E-state index is 12.3. The Morgan fingerprint density at radius 3 is 3.05 bits per heavy atom. The molecule has 4 rings (SSSR count). The Hall–Kier alpha value is -2.19. The molecular formula is C13H15N5O3. The van der Waals surface area contributed by atoms with Crippen molar-refractivity contribution in [2.75, 3.05) is 6.61 Å². The summed E-state index contributed by atoms with van der Waals surface area (Å²) < 4.78 is 3.25. The first kappa shape index (κ1) is 12.5. The van der Waals surface area contributed by atoms with Gasteiger partial charge in [-0.25, -0.2) is 14.4 Å². The van der Waals surface area contributed by atoms with Crippen molar-refractivity contribution < 1.29 is 10.2 Å². The second-order valence-electron chi connectivity index (χ2n) is 5.46. The molecule has 1 saturated carbocycles. The Morgan fingerprint density at radius 2 is 2.24 bits per heavy atom. The van der Waals surface area contributed by atoms with Crippen LogP contribution < -0.4 is 5.56 Å². The van der Waals surface area contributed by atoms with Crippen LogP contribution in [0.15, 0.2) is 23.5 Å². The molecule has 3 N–H and O–H groups in total. The van der Waals surface area contributed by atoms with Crippen LogP contribution in [0.1, 0.15) is 18.9 Å². The van der Waals surface area contributed by atoms with Crippen molar-refractivity contribution in [3.63, 3.8) is 0 Å². The number of hydrogen-bond acceptors (Lipinski definition) is 5. The molecule has 3 heterocycles. The van der Waals surface area contributed by atoms with Crippen molar-refractivity contribution in [3.8, 4) is 0 Å². The number of fused-ring (bicyclic) bond motifs is 2. The van der Waals surface area contributed by atoms with Crippen LogP contribution in [0.5, 0.6) is 0 Å². The lowest BCUT2D eigenvalue weighted by molar-refractivity contribution is 0.0747. The van der Waals surface area contributed by atoms with Crippen molar-refractivity contribution in [2.24, 2.45) is 5.92 Å². The molecule has 21 heavy (non-hydrogen) atoms. The molecule has 8 nitrogen and oxygen atoms in total. The summed E-state index contributed by atoms with van der Waals surface area (Å²) in [6.07, 6.45) is 5.56. The minimum Gasteiger partial charge on any atom is -0.396 e. The zero-order valence-corrected chi connectivity index (χ0v) is 11.2. The normalized spacial score (nSPS) is 26.1. The van der Waals surface area contributed by atoms with Gasteiger partial charge in [-0.1, -0.05) is 0 Å². The van der Waals surface area contributed by atoms with E-state index in [1.54, 1.807) is 18.7 Å². The average molecular weight is 289 g/mol. The van der Waals surface area contributed by atoms with Gasteiger partial charge in [-0.3, -0.25) is 4.79 Å². The summed E-state index contributed by atoms with van der Waals surface area (Å²) in [4.78, 5) is 23.7. The van der Waals surface area contributed by atoms with Gasteiger partial charge in [-0.05, 0) is 12.8 Å².